The number of ether oxygens (including phenoxy) is 2. The van der Waals surface area contributed by atoms with Crippen LogP contribution in [0.5, 0.6) is 11.6 Å². The van der Waals surface area contributed by atoms with Gasteiger partial charge in [0.1, 0.15) is 5.75 Å². The molecule has 1 saturated heterocycles. The van der Waals surface area contributed by atoms with Crippen molar-refractivity contribution in [3.8, 4) is 11.6 Å². The quantitative estimate of drug-likeness (QED) is 0.793. The highest BCUT2D eigenvalue weighted by atomic mass is 16.7. The lowest BCUT2D eigenvalue weighted by molar-refractivity contribution is 0.00578. The number of hydrogen-bond donors (Lipinski definition) is 0. The molecule has 0 bridgehead atoms. The molecule has 0 radical (unpaired) electrons. The maximum Gasteiger partial charge on any atom is 0.498 e. The van der Waals surface area contributed by atoms with Gasteiger partial charge < -0.3 is 18.8 Å². The molecule has 1 saturated carbocycles. The number of methoxy groups -OCH3 is 1. The van der Waals surface area contributed by atoms with Gasteiger partial charge in [0.05, 0.1) is 30.6 Å². The largest absolute Gasteiger partial charge is 0.498 e. The van der Waals surface area contributed by atoms with Crippen LogP contribution in [0.2, 0.25) is 0 Å². The molecule has 0 spiro atoms. The van der Waals surface area contributed by atoms with E-state index in [1.807, 2.05) is 33.8 Å². The second-order valence-electron chi connectivity index (χ2n) is 6.67. The van der Waals surface area contributed by atoms with Gasteiger partial charge in [-0.1, -0.05) is 0 Å². The zero-order valence-corrected chi connectivity index (χ0v) is 13.3. The molecule has 0 atom stereocenters. The van der Waals surface area contributed by atoms with Crippen LogP contribution in [-0.4, -0.2) is 36.5 Å². The van der Waals surface area contributed by atoms with Crippen molar-refractivity contribution in [3.05, 3.63) is 12.3 Å². The smallest absolute Gasteiger partial charge is 0.489 e. The first kappa shape index (κ1) is 14.7. The zero-order chi connectivity index (χ0) is 15.3. The topological polar surface area (TPSA) is 49.8 Å². The van der Waals surface area contributed by atoms with Crippen LogP contribution in [0.15, 0.2) is 12.3 Å². The van der Waals surface area contributed by atoms with Gasteiger partial charge in [-0.2, -0.15) is 0 Å². The molecule has 0 amide bonds. The molecule has 5 nitrogen and oxygen atoms in total. The fourth-order valence-corrected chi connectivity index (χ4v) is 2.17. The Morgan fingerprint density at radius 2 is 1.81 bits per heavy atom. The first-order valence-electron chi connectivity index (χ1n) is 7.38. The Labute approximate surface area is 126 Å². The number of pyridine rings is 1. The maximum atomic E-state index is 6.11. The van der Waals surface area contributed by atoms with Gasteiger partial charge in [-0.3, -0.25) is 0 Å². The van der Waals surface area contributed by atoms with Crippen molar-refractivity contribution in [2.75, 3.05) is 7.11 Å². The molecule has 1 aliphatic carbocycles. The van der Waals surface area contributed by atoms with E-state index in [1.165, 1.54) is 0 Å². The lowest BCUT2D eigenvalue weighted by atomic mass is 9.79. The summed E-state index contributed by atoms with van der Waals surface area (Å²) in [6, 6.07) is 1.83. The second kappa shape index (κ2) is 4.88. The summed E-state index contributed by atoms with van der Waals surface area (Å²) in [5, 5.41) is 0. The van der Waals surface area contributed by atoms with Crippen LogP contribution in [-0.2, 0) is 9.31 Å². The van der Waals surface area contributed by atoms with Crippen molar-refractivity contribution >= 4 is 12.6 Å². The van der Waals surface area contributed by atoms with Gasteiger partial charge in [0.15, 0.2) is 0 Å². The summed E-state index contributed by atoms with van der Waals surface area (Å²) >= 11 is 0. The summed E-state index contributed by atoms with van der Waals surface area (Å²) in [7, 11) is 1.12. The van der Waals surface area contributed by atoms with Gasteiger partial charge >= 0.3 is 7.12 Å². The molecule has 1 aliphatic heterocycles. The predicted octanol–water partition coefficient (Wildman–Crippen LogP) is 1.93. The third-order valence-electron chi connectivity index (χ3n) is 4.41. The van der Waals surface area contributed by atoms with Crippen LogP contribution in [0.4, 0.5) is 0 Å². The second-order valence-corrected chi connectivity index (χ2v) is 6.67. The number of aromatic nitrogens is 1. The molecule has 1 aromatic rings. The first-order valence-corrected chi connectivity index (χ1v) is 7.38. The van der Waals surface area contributed by atoms with E-state index in [2.05, 4.69) is 4.98 Å². The Kier molecular flexibility index (Phi) is 3.41. The van der Waals surface area contributed by atoms with Crippen LogP contribution >= 0.6 is 0 Å². The molecule has 3 rings (SSSR count). The molecular formula is C15H22BNO4. The van der Waals surface area contributed by atoms with E-state index >= 15 is 0 Å². The third-order valence-corrected chi connectivity index (χ3v) is 4.41. The molecule has 2 heterocycles. The zero-order valence-electron chi connectivity index (χ0n) is 13.3. The van der Waals surface area contributed by atoms with E-state index in [0.29, 0.717) is 12.0 Å². The SMILES string of the molecule is COc1cc(B2OC(C)(C)C(C)(C)O2)c(OC2CC2)cn1. The average molecular weight is 291 g/mol. The van der Waals surface area contributed by atoms with Gasteiger partial charge in [0.2, 0.25) is 5.88 Å². The standard InChI is InChI=1S/C15H22BNO4/c1-14(2)15(3,4)21-16(20-14)11-8-13(18-5)17-9-12(11)19-10-6-7-10/h8-10H,6-7H2,1-5H3. The fourth-order valence-electron chi connectivity index (χ4n) is 2.17. The number of nitrogens with zero attached hydrogens (tertiary/aromatic N) is 1. The highest BCUT2D eigenvalue weighted by Gasteiger charge is 2.52. The molecular weight excluding hydrogens is 269 g/mol. The minimum Gasteiger partial charge on any atom is -0.489 e. The van der Waals surface area contributed by atoms with Gasteiger partial charge in [-0.05, 0) is 40.5 Å². The van der Waals surface area contributed by atoms with Crippen LogP contribution in [0, 0.1) is 0 Å². The van der Waals surface area contributed by atoms with E-state index < -0.39 is 7.12 Å². The van der Waals surface area contributed by atoms with Gasteiger partial charge in [-0.25, -0.2) is 4.98 Å². The van der Waals surface area contributed by atoms with Crippen molar-refractivity contribution in [1.29, 1.82) is 0 Å². The highest BCUT2D eigenvalue weighted by Crippen LogP contribution is 2.37. The maximum absolute atomic E-state index is 6.11. The van der Waals surface area contributed by atoms with Crippen molar-refractivity contribution in [2.24, 2.45) is 0 Å². The monoisotopic (exact) mass is 291 g/mol. The van der Waals surface area contributed by atoms with Gasteiger partial charge in [0.25, 0.3) is 0 Å². The summed E-state index contributed by atoms with van der Waals surface area (Å²) in [5.74, 6) is 1.25. The van der Waals surface area contributed by atoms with Crippen molar-refractivity contribution in [2.45, 2.75) is 57.8 Å². The van der Waals surface area contributed by atoms with E-state index in [-0.39, 0.29) is 11.2 Å². The third kappa shape index (κ3) is 2.74. The summed E-state index contributed by atoms with van der Waals surface area (Å²) in [5.41, 5.74) is 0.0724. The van der Waals surface area contributed by atoms with E-state index in [1.54, 1.807) is 13.3 Å². The Hall–Kier alpha value is -1.27. The first-order chi connectivity index (χ1) is 9.82. The molecule has 0 N–H and O–H groups in total. The van der Waals surface area contributed by atoms with Crippen molar-refractivity contribution < 1.29 is 18.8 Å². The average Bonchev–Trinajstić information content (AvgIpc) is 3.18. The van der Waals surface area contributed by atoms with Crippen LogP contribution in [0.25, 0.3) is 0 Å². The Balaban J connectivity index is 1.92. The molecule has 21 heavy (non-hydrogen) atoms. The van der Waals surface area contributed by atoms with Crippen LogP contribution in [0.3, 0.4) is 0 Å². The Bertz CT molecular complexity index is 526. The Morgan fingerprint density at radius 1 is 1.19 bits per heavy atom. The fraction of sp³-hybridized carbons (Fsp3) is 0.667. The van der Waals surface area contributed by atoms with E-state index in [4.69, 9.17) is 18.8 Å². The summed E-state index contributed by atoms with van der Waals surface area (Å²) < 4.78 is 23.4. The predicted molar refractivity (Wildman–Crippen MR) is 80.2 cm³/mol. The summed E-state index contributed by atoms with van der Waals surface area (Å²) in [6.07, 6.45) is 4.17. The van der Waals surface area contributed by atoms with Crippen LogP contribution < -0.4 is 14.9 Å². The van der Waals surface area contributed by atoms with Gasteiger partial charge in [-0.15, -0.1) is 0 Å². The Morgan fingerprint density at radius 3 is 2.33 bits per heavy atom. The molecule has 0 aromatic carbocycles. The molecule has 2 aliphatic rings. The summed E-state index contributed by atoms with van der Waals surface area (Å²) in [4.78, 5) is 4.22. The van der Waals surface area contributed by atoms with E-state index in [0.717, 1.165) is 24.1 Å². The summed E-state index contributed by atoms with van der Waals surface area (Å²) in [6.45, 7) is 8.14. The normalized spacial score (nSPS) is 23.2. The van der Waals surface area contributed by atoms with Gasteiger partial charge in [0, 0.05) is 11.5 Å². The molecule has 0 unspecified atom stereocenters. The lowest BCUT2D eigenvalue weighted by Gasteiger charge is -2.32. The molecule has 1 aromatic heterocycles. The minimum absolute atomic E-state index is 0.293. The highest BCUT2D eigenvalue weighted by molar-refractivity contribution is 6.63. The molecule has 2 fully saturated rings. The van der Waals surface area contributed by atoms with Crippen LogP contribution in [0.1, 0.15) is 40.5 Å². The van der Waals surface area contributed by atoms with E-state index in [9.17, 15) is 0 Å². The molecule has 114 valence electrons. The molecule has 6 heteroatoms. The lowest BCUT2D eigenvalue weighted by Crippen LogP contribution is -2.41. The van der Waals surface area contributed by atoms with Crippen molar-refractivity contribution in [1.82, 2.24) is 4.98 Å². The number of hydrogen-bond acceptors (Lipinski definition) is 5. The number of rotatable bonds is 4. The van der Waals surface area contributed by atoms with Crippen molar-refractivity contribution in [3.63, 3.8) is 0 Å². The minimum atomic E-state index is -0.472.